The second-order valence-corrected chi connectivity index (χ2v) is 8.17. The van der Waals surface area contributed by atoms with E-state index in [9.17, 15) is 4.79 Å². The number of thioether (sulfide) groups is 1. The zero-order chi connectivity index (χ0) is 20.4. The summed E-state index contributed by atoms with van der Waals surface area (Å²) in [5, 5.41) is 7.47. The first-order valence-electron chi connectivity index (χ1n) is 9.42. The molecule has 0 aliphatic heterocycles. The minimum atomic E-state index is -0.311. The molecule has 1 unspecified atom stereocenters. The van der Waals surface area contributed by atoms with Crippen molar-refractivity contribution in [2.24, 2.45) is 4.99 Å². The molecule has 0 bridgehead atoms. The van der Waals surface area contributed by atoms with Crippen molar-refractivity contribution in [2.75, 3.05) is 25.4 Å². The molecule has 0 saturated carbocycles. The Balaban J connectivity index is 0.00000420. The van der Waals surface area contributed by atoms with E-state index in [0.29, 0.717) is 23.7 Å². The van der Waals surface area contributed by atoms with Gasteiger partial charge >= 0.3 is 5.97 Å². The van der Waals surface area contributed by atoms with Crippen LogP contribution in [0.1, 0.15) is 47.2 Å². The number of hydrogen-bond acceptors (Lipinski definition) is 6. The lowest BCUT2D eigenvalue weighted by atomic mass is 10.3. The zero-order valence-electron chi connectivity index (χ0n) is 17.2. The largest absolute Gasteiger partial charge is 0.462 e. The highest BCUT2D eigenvalue weighted by atomic mass is 127. The summed E-state index contributed by atoms with van der Waals surface area (Å²) in [4.78, 5) is 23.0. The van der Waals surface area contributed by atoms with Gasteiger partial charge in [0.1, 0.15) is 9.88 Å². The maximum absolute atomic E-state index is 12.0. The van der Waals surface area contributed by atoms with Crippen molar-refractivity contribution in [3.8, 4) is 0 Å². The second kappa shape index (κ2) is 13.8. The van der Waals surface area contributed by atoms with E-state index >= 15 is 0 Å². The fourth-order valence-electron chi connectivity index (χ4n) is 2.41. The SMILES string of the molecule is CCNC(=NCCSc1ccccc1)NC(C)c1nc(C)c(C(=O)OCC)s1.I. The van der Waals surface area contributed by atoms with Gasteiger partial charge in [0.25, 0.3) is 0 Å². The van der Waals surface area contributed by atoms with Crippen molar-refractivity contribution in [3.05, 3.63) is 45.9 Å². The number of guanidine groups is 1. The summed E-state index contributed by atoms with van der Waals surface area (Å²) in [7, 11) is 0. The first-order valence-corrected chi connectivity index (χ1v) is 11.2. The van der Waals surface area contributed by atoms with Gasteiger partial charge in [-0.2, -0.15) is 0 Å². The summed E-state index contributed by atoms with van der Waals surface area (Å²) < 4.78 is 5.10. The van der Waals surface area contributed by atoms with Crippen molar-refractivity contribution in [3.63, 3.8) is 0 Å². The third kappa shape index (κ3) is 8.51. The van der Waals surface area contributed by atoms with Crippen LogP contribution in [0, 0.1) is 6.92 Å². The van der Waals surface area contributed by atoms with Crippen molar-refractivity contribution in [1.29, 1.82) is 0 Å². The number of thiazole rings is 1. The van der Waals surface area contributed by atoms with Gasteiger partial charge in [0.15, 0.2) is 5.96 Å². The third-order valence-electron chi connectivity index (χ3n) is 3.71. The fourth-order valence-corrected chi connectivity index (χ4v) is 4.14. The Bertz CT molecular complexity index is 784. The quantitative estimate of drug-likeness (QED) is 0.119. The number of nitrogens with zero attached hydrogens (tertiary/aromatic N) is 2. The van der Waals surface area contributed by atoms with E-state index in [1.807, 2.05) is 39.0 Å². The lowest BCUT2D eigenvalue weighted by Crippen LogP contribution is -2.38. The van der Waals surface area contributed by atoms with Crippen LogP contribution in [-0.2, 0) is 4.74 Å². The van der Waals surface area contributed by atoms with Crippen LogP contribution in [0.15, 0.2) is 40.2 Å². The monoisotopic (exact) mass is 548 g/mol. The average Bonchev–Trinajstić information content (AvgIpc) is 3.08. The predicted molar refractivity (Wildman–Crippen MR) is 133 cm³/mol. The topological polar surface area (TPSA) is 75.6 Å². The minimum Gasteiger partial charge on any atom is -0.462 e. The molecule has 2 rings (SSSR count). The summed E-state index contributed by atoms with van der Waals surface area (Å²) in [6, 6.07) is 10.2. The van der Waals surface area contributed by atoms with Crippen LogP contribution in [0.2, 0.25) is 0 Å². The lowest BCUT2D eigenvalue weighted by Gasteiger charge is -2.16. The van der Waals surface area contributed by atoms with E-state index in [1.54, 1.807) is 18.7 Å². The van der Waals surface area contributed by atoms with Gasteiger partial charge in [0.2, 0.25) is 0 Å². The van der Waals surface area contributed by atoms with E-state index in [0.717, 1.165) is 23.3 Å². The zero-order valence-corrected chi connectivity index (χ0v) is 21.2. The minimum absolute atomic E-state index is 0. The van der Waals surface area contributed by atoms with Gasteiger partial charge in [-0.15, -0.1) is 47.1 Å². The number of carbonyl (C=O) groups is 1. The van der Waals surface area contributed by atoms with Crippen molar-refractivity contribution < 1.29 is 9.53 Å². The summed E-state index contributed by atoms with van der Waals surface area (Å²) in [5.74, 6) is 1.34. The first-order chi connectivity index (χ1) is 13.5. The van der Waals surface area contributed by atoms with Gasteiger partial charge in [-0.25, -0.2) is 9.78 Å². The summed E-state index contributed by atoms with van der Waals surface area (Å²) in [5.41, 5.74) is 0.702. The number of rotatable bonds is 9. The normalized spacial score (nSPS) is 12.1. The van der Waals surface area contributed by atoms with Crippen LogP contribution in [0.25, 0.3) is 0 Å². The summed E-state index contributed by atoms with van der Waals surface area (Å²) in [6.45, 7) is 9.51. The highest BCUT2D eigenvalue weighted by Crippen LogP contribution is 2.24. The molecule has 1 aromatic heterocycles. The van der Waals surface area contributed by atoms with Crippen molar-refractivity contribution in [1.82, 2.24) is 15.6 Å². The van der Waals surface area contributed by atoms with Gasteiger partial charge in [-0.05, 0) is 39.8 Å². The Hall–Kier alpha value is -1.33. The number of halogens is 1. The summed E-state index contributed by atoms with van der Waals surface area (Å²) >= 11 is 3.15. The van der Waals surface area contributed by atoms with E-state index in [4.69, 9.17) is 4.74 Å². The maximum Gasteiger partial charge on any atom is 0.350 e. The molecule has 29 heavy (non-hydrogen) atoms. The highest BCUT2D eigenvalue weighted by Gasteiger charge is 2.20. The van der Waals surface area contributed by atoms with E-state index < -0.39 is 0 Å². The molecule has 0 amide bonds. The van der Waals surface area contributed by atoms with Gasteiger partial charge in [-0.3, -0.25) is 4.99 Å². The van der Waals surface area contributed by atoms with Gasteiger partial charge < -0.3 is 15.4 Å². The Kier molecular flexibility index (Phi) is 12.2. The number of hydrogen-bond donors (Lipinski definition) is 2. The molecule has 0 saturated heterocycles. The molecule has 0 aliphatic rings. The molecule has 9 heteroatoms. The van der Waals surface area contributed by atoms with Crippen LogP contribution >= 0.6 is 47.1 Å². The number of aryl methyl sites for hydroxylation is 1. The number of aliphatic imine (C=N–C) groups is 1. The smallest absolute Gasteiger partial charge is 0.350 e. The maximum atomic E-state index is 12.0. The first kappa shape index (κ1) is 25.7. The van der Waals surface area contributed by atoms with E-state index in [2.05, 4.69) is 32.7 Å². The molecule has 0 spiro atoms. The van der Waals surface area contributed by atoms with Crippen molar-refractivity contribution >= 4 is 59.0 Å². The van der Waals surface area contributed by atoms with E-state index in [1.165, 1.54) is 16.2 Å². The van der Waals surface area contributed by atoms with E-state index in [-0.39, 0.29) is 36.0 Å². The number of esters is 1. The molecule has 6 nitrogen and oxygen atoms in total. The van der Waals surface area contributed by atoms with Crippen LogP contribution in [0.4, 0.5) is 0 Å². The van der Waals surface area contributed by atoms with Crippen LogP contribution in [0.3, 0.4) is 0 Å². The molecule has 2 N–H and O–H groups in total. The molecule has 0 aliphatic carbocycles. The Labute approximate surface area is 198 Å². The van der Waals surface area contributed by atoms with Crippen molar-refractivity contribution in [2.45, 2.75) is 38.6 Å². The summed E-state index contributed by atoms with van der Waals surface area (Å²) in [6.07, 6.45) is 0. The van der Waals surface area contributed by atoms with Crippen LogP contribution < -0.4 is 10.6 Å². The number of ether oxygens (including phenoxy) is 1. The lowest BCUT2D eigenvalue weighted by molar-refractivity contribution is 0.0531. The predicted octanol–water partition coefficient (Wildman–Crippen LogP) is 4.65. The molecule has 1 heterocycles. The third-order valence-corrected chi connectivity index (χ3v) is 6.03. The number of carbonyl (C=O) groups excluding carboxylic acids is 1. The number of aromatic nitrogens is 1. The fraction of sp³-hybridized carbons (Fsp3) is 0.450. The Morgan fingerprint density at radius 2 is 2.03 bits per heavy atom. The van der Waals surface area contributed by atoms with Crippen LogP contribution in [-0.4, -0.2) is 42.4 Å². The molecule has 160 valence electrons. The molecular weight excluding hydrogens is 519 g/mol. The standard InChI is InChI=1S/C20H28N4O2S2.HI/c1-5-21-20(22-12-13-27-16-10-8-7-9-11-16)24-15(4)18-23-14(3)17(28-18)19(25)26-6-2;/h7-11,15H,5-6,12-13H2,1-4H3,(H2,21,22,24);1H. The molecule has 0 fully saturated rings. The number of benzene rings is 1. The molecule has 1 aromatic carbocycles. The molecular formula is C20H29IN4O2S2. The van der Waals surface area contributed by atoms with Gasteiger partial charge in [0.05, 0.1) is 24.9 Å². The molecule has 1 atom stereocenters. The Morgan fingerprint density at radius 1 is 1.31 bits per heavy atom. The average molecular weight is 549 g/mol. The molecule has 0 radical (unpaired) electrons. The van der Waals surface area contributed by atoms with Crippen LogP contribution in [0.5, 0.6) is 0 Å². The number of nitrogens with one attached hydrogen (secondary N) is 2. The molecule has 2 aromatic rings. The second-order valence-electron chi connectivity index (χ2n) is 5.98. The highest BCUT2D eigenvalue weighted by molar-refractivity contribution is 14.0. The Morgan fingerprint density at radius 3 is 2.69 bits per heavy atom. The van der Waals surface area contributed by atoms with Gasteiger partial charge in [-0.1, -0.05) is 18.2 Å². The van der Waals surface area contributed by atoms with Gasteiger partial charge in [0, 0.05) is 17.2 Å².